The van der Waals surface area contributed by atoms with Crippen LogP contribution in [-0.2, 0) is 59.6 Å². The van der Waals surface area contributed by atoms with Crippen molar-refractivity contribution in [3.8, 4) is 0 Å². The van der Waals surface area contributed by atoms with E-state index in [2.05, 4.69) is 51.9 Å². The highest BCUT2D eigenvalue weighted by Crippen LogP contribution is 2.29. The molecule has 2 aromatic heterocycles. The summed E-state index contributed by atoms with van der Waals surface area (Å²) in [5, 5.41) is 91.6. The van der Waals surface area contributed by atoms with Gasteiger partial charge in [-0.1, -0.05) is 93.5 Å². The van der Waals surface area contributed by atoms with Crippen LogP contribution in [-0.4, -0.2) is 158 Å². The smallest absolute Gasteiger partial charge is 0.232 e. The van der Waals surface area contributed by atoms with Gasteiger partial charge in [-0.25, -0.2) is 19.3 Å². The Bertz CT molecular complexity index is 1840. The Morgan fingerprint density at radius 3 is 1.11 bits per heavy atom. The van der Waals surface area contributed by atoms with Gasteiger partial charge in [0.1, 0.15) is 60.2 Å². The molecule has 65 heavy (non-hydrogen) atoms. The normalized spacial score (nSPS) is 26.4. The molecule has 0 aromatic carbocycles. The van der Waals surface area contributed by atoms with E-state index in [1.807, 2.05) is 0 Å². The molecule has 25 nitrogen and oxygen atoms in total. The van der Waals surface area contributed by atoms with Gasteiger partial charge in [0.15, 0.2) is 12.6 Å². The van der Waals surface area contributed by atoms with Crippen LogP contribution in [0, 0.1) is 21.7 Å². The van der Waals surface area contributed by atoms with Crippen molar-refractivity contribution >= 4 is 35.5 Å². The standard InChI is InChI=1S/C40H66N12O13/c1-37(2,3)31(59)43-35(44-32(60)38(4,5)6)41-13-19-15-51(49-47-19)17-21-23(53)25(55)27(57)29(63-21)65-30-28(58)26(56)24(54)22(64-30)18-52-16-20(48-50-52)14-42-36(45-33(61)39(7,8)9)46-34(62)40(10,11)12/h15-16,21-30,53-58H,13-14,17-18H2,1-12H3,(H2,41,43,44,59,60)(H2,42,45,46,61,62)/t21-,22-,23-,24-,25+,26+,27-,28-,29-,30-/m1/s1. The minimum atomic E-state index is -1.88. The molecule has 2 aliphatic rings. The van der Waals surface area contributed by atoms with Crippen molar-refractivity contribution in [3.05, 3.63) is 23.8 Å². The molecule has 364 valence electrons. The number of guanidine groups is 2. The molecule has 2 saturated heterocycles. The predicted octanol–water partition coefficient (Wildman–Crippen LogP) is -2.44. The lowest BCUT2D eigenvalue weighted by Crippen LogP contribution is -2.63. The monoisotopic (exact) mass is 922 g/mol. The van der Waals surface area contributed by atoms with Crippen molar-refractivity contribution in [3.63, 3.8) is 0 Å². The number of hydrogen-bond donors (Lipinski definition) is 10. The van der Waals surface area contributed by atoms with Gasteiger partial charge in [-0.3, -0.25) is 40.4 Å². The van der Waals surface area contributed by atoms with E-state index in [0.717, 1.165) is 0 Å². The Labute approximate surface area is 376 Å². The van der Waals surface area contributed by atoms with Crippen LogP contribution in [0.15, 0.2) is 22.4 Å². The summed E-state index contributed by atoms with van der Waals surface area (Å²) >= 11 is 0. The molecular formula is C40H66N12O13. The second-order valence-electron chi connectivity index (χ2n) is 20.2. The van der Waals surface area contributed by atoms with E-state index in [1.165, 1.54) is 21.8 Å². The number of aliphatic hydroxyl groups is 6. The van der Waals surface area contributed by atoms with Gasteiger partial charge in [0.25, 0.3) is 0 Å². The molecule has 0 saturated carbocycles. The summed E-state index contributed by atoms with van der Waals surface area (Å²) in [5.74, 6) is -1.77. The molecule has 25 heteroatoms. The van der Waals surface area contributed by atoms with Crippen LogP contribution in [0.25, 0.3) is 0 Å². The van der Waals surface area contributed by atoms with Gasteiger partial charge in [0, 0.05) is 21.7 Å². The van der Waals surface area contributed by atoms with Crippen LogP contribution >= 0.6 is 0 Å². The number of rotatable bonds is 10. The quantitative estimate of drug-likeness (QED) is 0.0874. The molecule has 0 bridgehead atoms. The molecule has 0 radical (unpaired) electrons. The van der Waals surface area contributed by atoms with Crippen LogP contribution in [0.4, 0.5) is 0 Å². The highest BCUT2D eigenvalue weighted by Gasteiger charge is 2.50. The molecular weight excluding hydrogens is 857 g/mol. The number of carbonyl (C=O) groups excluding carboxylic acids is 4. The lowest BCUT2D eigenvalue weighted by atomic mass is 9.95. The van der Waals surface area contributed by atoms with Crippen LogP contribution < -0.4 is 21.3 Å². The number of aliphatic hydroxyl groups excluding tert-OH is 6. The summed E-state index contributed by atoms with van der Waals surface area (Å²) in [6.45, 7) is 19.6. The predicted molar refractivity (Wildman–Crippen MR) is 227 cm³/mol. The Morgan fingerprint density at radius 1 is 0.538 bits per heavy atom. The summed E-state index contributed by atoms with van der Waals surface area (Å²) < 4.78 is 19.9. The van der Waals surface area contributed by atoms with E-state index in [4.69, 9.17) is 14.2 Å². The zero-order valence-electron chi connectivity index (χ0n) is 38.9. The molecule has 2 aromatic rings. The molecule has 2 aliphatic heterocycles. The fraction of sp³-hybridized carbons (Fsp3) is 0.750. The minimum Gasteiger partial charge on any atom is -0.388 e. The van der Waals surface area contributed by atoms with Crippen LogP contribution in [0.1, 0.15) is 94.5 Å². The third kappa shape index (κ3) is 14.6. The highest BCUT2D eigenvalue weighted by atomic mass is 16.8. The molecule has 10 atom stereocenters. The number of hydrogen-bond acceptors (Lipinski definition) is 19. The fourth-order valence-corrected chi connectivity index (χ4v) is 5.58. The summed E-state index contributed by atoms with van der Waals surface area (Å²) in [6.07, 6.45) is -14.0. The average molecular weight is 923 g/mol. The average Bonchev–Trinajstić information content (AvgIpc) is 3.85. The van der Waals surface area contributed by atoms with Gasteiger partial charge in [0.2, 0.25) is 35.5 Å². The molecule has 0 aliphatic carbocycles. The maximum Gasteiger partial charge on any atom is 0.232 e. The number of aromatic nitrogens is 6. The number of amides is 4. The second kappa shape index (κ2) is 20.8. The molecule has 4 heterocycles. The third-order valence-corrected chi connectivity index (χ3v) is 9.96. The van der Waals surface area contributed by atoms with Gasteiger partial charge in [-0.15, -0.1) is 10.2 Å². The van der Waals surface area contributed by atoms with E-state index in [9.17, 15) is 49.8 Å². The zero-order chi connectivity index (χ0) is 49.0. The van der Waals surface area contributed by atoms with Crippen molar-refractivity contribution in [2.24, 2.45) is 31.6 Å². The Morgan fingerprint density at radius 2 is 0.831 bits per heavy atom. The molecule has 0 unspecified atom stereocenters. The first-order valence-electron chi connectivity index (χ1n) is 21.0. The van der Waals surface area contributed by atoms with E-state index < -0.39 is 107 Å². The molecule has 4 rings (SSSR count). The first kappa shape index (κ1) is 52.8. The van der Waals surface area contributed by atoms with E-state index in [-0.39, 0.29) is 49.5 Å². The summed E-state index contributed by atoms with van der Waals surface area (Å²) in [7, 11) is 0. The largest absolute Gasteiger partial charge is 0.388 e. The zero-order valence-corrected chi connectivity index (χ0v) is 38.9. The summed E-state index contributed by atoms with van der Waals surface area (Å²) in [6, 6.07) is 0. The molecule has 0 spiro atoms. The second-order valence-corrected chi connectivity index (χ2v) is 20.2. The number of aliphatic imine (C=N–C) groups is 2. The van der Waals surface area contributed by atoms with Gasteiger partial charge < -0.3 is 44.8 Å². The Kier molecular flexibility index (Phi) is 16.8. The van der Waals surface area contributed by atoms with Crippen molar-refractivity contribution in [1.82, 2.24) is 51.3 Å². The number of carbonyl (C=O) groups is 4. The van der Waals surface area contributed by atoms with Crippen molar-refractivity contribution in [2.45, 2.75) is 171 Å². The number of nitrogens with one attached hydrogen (secondary N) is 4. The molecule has 4 amide bonds. The first-order valence-corrected chi connectivity index (χ1v) is 21.0. The Balaban J connectivity index is 1.43. The van der Waals surface area contributed by atoms with E-state index in [1.54, 1.807) is 83.1 Å². The third-order valence-electron chi connectivity index (χ3n) is 9.96. The van der Waals surface area contributed by atoms with Gasteiger partial charge in [-0.2, -0.15) is 0 Å². The van der Waals surface area contributed by atoms with Gasteiger partial charge in [0.05, 0.1) is 38.6 Å². The lowest BCUT2D eigenvalue weighted by molar-refractivity contribution is -0.375. The minimum absolute atomic E-state index is 0.0942. The fourth-order valence-electron chi connectivity index (χ4n) is 5.58. The van der Waals surface area contributed by atoms with E-state index in [0.29, 0.717) is 0 Å². The first-order chi connectivity index (χ1) is 29.8. The van der Waals surface area contributed by atoms with Crippen LogP contribution in [0.5, 0.6) is 0 Å². The Hall–Kier alpha value is -4.86. The maximum absolute atomic E-state index is 12.7. The number of ether oxygens (including phenoxy) is 3. The molecule has 2 fully saturated rings. The van der Waals surface area contributed by atoms with Crippen molar-refractivity contribution in [2.75, 3.05) is 0 Å². The summed E-state index contributed by atoms with van der Waals surface area (Å²) in [5.41, 5.74) is -2.63. The molecule has 10 N–H and O–H groups in total. The SMILES string of the molecule is CC(C)(C)C(=O)NC(=NCc1cn(C[C@H]2O[C@H](O[C@H]3O[C@H](Cn4cc(CN=C(NC(=O)C(C)(C)C)NC(=O)C(C)(C)C)nn4)[C@@H](O)[C@H](O)[C@H]3O)[C@H](O)[C@@H](O)[C@@H]2O)nn1)NC(=O)C(C)(C)C. The van der Waals surface area contributed by atoms with E-state index >= 15 is 0 Å². The summed E-state index contributed by atoms with van der Waals surface area (Å²) in [4.78, 5) is 59.5. The van der Waals surface area contributed by atoms with Crippen LogP contribution in [0.3, 0.4) is 0 Å². The van der Waals surface area contributed by atoms with Crippen LogP contribution in [0.2, 0.25) is 0 Å². The van der Waals surface area contributed by atoms with Gasteiger partial charge in [-0.05, 0) is 0 Å². The maximum atomic E-state index is 12.7. The highest BCUT2D eigenvalue weighted by molar-refractivity contribution is 6.07. The number of nitrogens with zero attached hydrogens (tertiary/aromatic N) is 8. The van der Waals surface area contributed by atoms with Crippen molar-refractivity contribution < 1.29 is 64.0 Å². The van der Waals surface area contributed by atoms with Gasteiger partial charge >= 0.3 is 0 Å². The van der Waals surface area contributed by atoms with Crippen molar-refractivity contribution in [1.29, 1.82) is 0 Å². The topological polar surface area (TPSA) is 352 Å². The lowest BCUT2D eigenvalue weighted by Gasteiger charge is -2.45.